The van der Waals surface area contributed by atoms with E-state index in [2.05, 4.69) is 10.1 Å². The predicted molar refractivity (Wildman–Crippen MR) is 86.2 cm³/mol. The first-order valence-electron chi connectivity index (χ1n) is 8.07. The van der Waals surface area contributed by atoms with Crippen molar-refractivity contribution in [1.29, 1.82) is 0 Å². The van der Waals surface area contributed by atoms with Gasteiger partial charge in [0.2, 0.25) is 11.8 Å². The number of hydrogen-bond donors (Lipinski definition) is 1. The van der Waals surface area contributed by atoms with Crippen LogP contribution in [0, 0.1) is 6.92 Å². The number of hydrogen-bond acceptors (Lipinski definition) is 5. The highest BCUT2D eigenvalue weighted by Gasteiger charge is 2.30. The first kappa shape index (κ1) is 16.2. The van der Waals surface area contributed by atoms with Gasteiger partial charge >= 0.3 is 0 Å². The molecule has 0 spiro atoms. The molecule has 0 saturated carbocycles. The van der Waals surface area contributed by atoms with Gasteiger partial charge in [-0.05, 0) is 37.1 Å². The minimum atomic E-state index is -0.510. The molecule has 24 heavy (non-hydrogen) atoms. The molecule has 1 fully saturated rings. The number of nitrogens with zero attached hydrogens (tertiary/aromatic N) is 3. The Bertz CT molecular complexity index is 739. The van der Waals surface area contributed by atoms with Crippen LogP contribution in [0.2, 0.25) is 0 Å². The smallest absolute Gasteiger partial charge is 0.254 e. The molecular weight excluding hydrogens is 308 g/mol. The maximum absolute atomic E-state index is 12.9. The van der Waals surface area contributed by atoms with Crippen LogP contribution in [0.4, 0.5) is 0 Å². The standard InChI is InChI=1S/C17H20N4O3/c1-11-19-16(20-24-11)14-5-3-2-4-10-21(14)17(23)13-8-6-12(7-9-13)15(18)22/h6-9,14H,2-5,10H2,1H3,(H2,18,22)/t14-/m1/s1. The van der Waals surface area contributed by atoms with Crippen molar-refractivity contribution >= 4 is 11.8 Å². The van der Waals surface area contributed by atoms with E-state index in [0.717, 1.165) is 25.7 Å². The first-order valence-corrected chi connectivity index (χ1v) is 8.07. The number of carbonyl (C=O) groups is 2. The second-order valence-corrected chi connectivity index (χ2v) is 5.98. The lowest BCUT2D eigenvalue weighted by atomic mass is 10.1. The summed E-state index contributed by atoms with van der Waals surface area (Å²) in [6, 6.07) is 6.22. The Morgan fingerprint density at radius 3 is 2.50 bits per heavy atom. The summed E-state index contributed by atoms with van der Waals surface area (Å²) in [5, 5.41) is 4.00. The van der Waals surface area contributed by atoms with E-state index in [9.17, 15) is 9.59 Å². The van der Waals surface area contributed by atoms with Crippen molar-refractivity contribution < 1.29 is 14.1 Å². The molecule has 2 heterocycles. The summed E-state index contributed by atoms with van der Waals surface area (Å²) in [6.45, 7) is 2.39. The number of carbonyl (C=O) groups excluding carboxylic acids is 2. The molecular formula is C17H20N4O3. The van der Waals surface area contributed by atoms with Crippen molar-refractivity contribution in [1.82, 2.24) is 15.0 Å². The van der Waals surface area contributed by atoms with Crippen LogP contribution < -0.4 is 5.73 Å². The van der Waals surface area contributed by atoms with Crippen LogP contribution in [0.3, 0.4) is 0 Å². The number of aryl methyl sites for hydroxylation is 1. The van der Waals surface area contributed by atoms with Crippen molar-refractivity contribution in [3.05, 3.63) is 47.1 Å². The molecule has 0 aliphatic carbocycles. The van der Waals surface area contributed by atoms with Crippen LogP contribution >= 0.6 is 0 Å². The summed E-state index contributed by atoms with van der Waals surface area (Å²) >= 11 is 0. The van der Waals surface area contributed by atoms with Crippen LogP contribution in [0.25, 0.3) is 0 Å². The Hall–Kier alpha value is -2.70. The summed E-state index contributed by atoms with van der Waals surface area (Å²) in [4.78, 5) is 30.2. The predicted octanol–water partition coefficient (Wildman–Crippen LogP) is 2.23. The van der Waals surface area contributed by atoms with Crippen LogP contribution in [0.15, 0.2) is 28.8 Å². The third kappa shape index (κ3) is 3.29. The first-order chi connectivity index (χ1) is 11.6. The number of amides is 2. The molecule has 1 aromatic carbocycles. The maximum Gasteiger partial charge on any atom is 0.254 e. The van der Waals surface area contributed by atoms with E-state index >= 15 is 0 Å². The fourth-order valence-electron chi connectivity index (χ4n) is 3.01. The largest absolute Gasteiger partial charge is 0.366 e. The van der Waals surface area contributed by atoms with E-state index in [4.69, 9.17) is 10.3 Å². The zero-order valence-electron chi connectivity index (χ0n) is 13.6. The van der Waals surface area contributed by atoms with E-state index in [1.807, 2.05) is 0 Å². The molecule has 1 atom stereocenters. The third-order valence-corrected chi connectivity index (χ3v) is 4.27. The van der Waals surface area contributed by atoms with Crippen molar-refractivity contribution in [2.45, 2.75) is 38.6 Å². The molecule has 1 aliphatic rings. The quantitative estimate of drug-likeness (QED) is 0.930. The van der Waals surface area contributed by atoms with Crippen LogP contribution in [0.1, 0.15) is 64.2 Å². The number of nitrogens with two attached hydrogens (primary N) is 1. The fraction of sp³-hybridized carbons (Fsp3) is 0.412. The highest BCUT2D eigenvalue weighted by atomic mass is 16.5. The maximum atomic E-state index is 12.9. The molecule has 2 N–H and O–H groups in total. The van der Waals surface area contributed by atoms with Crippen molar-refractivity contribution in [2.24, 2.45) is 5.73 Å². The van der Waals surface area contributed by atoms with Gasteiger partial charge in [0, 0.05) is 24.6 Å². The molecule has 0 unspecified atom stereocenters. The van der Waals surface area contributed by atoms with Crippen molar-refractivity contribution in [3.63, 3.8) is 0 Å². The molecule has 126 valence electrons. The summed E-state index contributed by atoms with van der Waals surface area (Å²) in [7, 11) is 0. The minimum Gasteiger partial charge on any atom is -0.366 e. The van der Waals surface area contributed by atoms with Gasteiger partial charge in [-0.15, -0.1) is 0 Å². The average molecular weight is 328 g/mol. The third-order valence-electron chi connectivity index (χ3n) is 4.27. The molecule has 1 saturated heterocycles. The highest BCUT2D eigenvalue weighted by molar-refractivity contribution is 5.97. The van der Waals surface area contributed by atoms with Gasteiger partial charge in [0.1, 0.15) is 0 Å². The van der Waals surface area contributed by atoms with Gasteiger partial charge in [0.15, 0.2) is 5.82 Å². The summed E-state index contributed by atoms with van der Waals surface area (Å²) in [5.74, 6) is 0.438. The molecule has 1 aromatic heterocycles. The van der Waals surface area contributed by atoms with Crippen LogP contribution in [0.5, 0.6) is 0 Å². The van der Waals surface area contributed by atoms with E-state index in [1.54, 1.807) is 36.1 Å². The Morgan fingerprint density at radius 1 is 1.17 bits per heavy atom. The lowest BCUT2D eigenvalue weighted by Crippen LogP contribution is -2.35. The number of benzene rings is 1. The Morgan fingerprint density at radius 2 is 1.88 bits per heavy atom. The van der Waals surface area contributed by atoms with E-state index in [-0.39, 0.29) is 11.9 Å². The van der Waals surface area contributed by atoms with Crippen molar-refractivity contribution in [3.8, 4) is 0 Å². The molecule has 1 aliphatic heterocycles. The summed E-state index contributed by atoms with van der Waals surface area (Å²) < 4.78 is 5.08. The molecule has 0 radical (unpaired) electrons. The summed E-state index contributed by atoms with van der Waals surface area (Å²) in [6.07, 6.45) is 3.84. The lowest BCUT2D eigenvalue weighted by molar-refractivity contribution is 0.0670. The van der Waals surface area contributed by atoms with E-state index in [0.29, 0.717) is 29.4 Å². The van der Waals surface area contributed by atoms with Gasteiger partial charge in [-0.3, -0.25) is 9.59 Å². The van der Waals surface area contributed by atoms with Crippen LogP contribution in [-0.2, 0) is 0 Å². The normalized spacial score (nSPS) is 18.2. The summed E-state index contributed by atoms with van der Waals surface area (Å²) in [5.41, 5.74) is 6.15. The monoisotopic (exact) mass is 328 g/mol. The van der Waals surface area contributed by atoms with Gasteiger partial charge < -0.3 is 15.2 Å². The minimum absolute atomic E-state index is 0.0969. The second kappa shape index (κ2) is 6.82. The Labute approximate surface area is 139 Å². The SMILES string of the molecule is Cc1nc([C@H]2CCCCCN2C(=O)c2ccc(C(N)=O)cc2)no1. The molecule has 3 rings (SSSR count). The molecule has 2 aromatic rings. The fourth-order valence-corrected chi connectivity index (χ4v) is 3.01. The highest BCUT2D eigenvalue weighted by Crippen LogP contribution is 2.29. The van der Waals surface area contributed by atoms with E-state index in [1.165, 1.54) is 0 Å². The van der Waals surface area contributed by atoms with Gasteiger partial charge in [-0.2, -0.15) is 4.98 Å². The second-order valence-electron chi connectivity index (χ2n) is 5.98. The molecule has 2 amide bonds. The van der Waals surface area contributed by atoms with Crippen molar-refractivity contribution in [2.75, 3.05) is 6.54 Å². The zero-order chi connectivity index (χ0) is 17.1. The number of rotatable bonds is 3. The van der Waals surface area contributed by atoms with Gasteiger partial charge in [0.25, 0.3) is 5.91 Å². The lowest BCUT2D eigenvalue weighted by Gasteiger charge is -2.28. The zero-order valence-corrected chi connectivity index (χ0v) is 13.6. The van der Waals surface area contributed by atoms with E-state index < -0.39 is 5.91 Å². The Balaban J connectivity index is 1.88. The molecule has 7 heteroatoms. The van der Waals surface area contributed by atoms with Crippen LogP contribution in [-0.4, -0.2) is 33.4 Å². The topological polar surface area (TPSA) is 102 Å². The number of aromatic nitrogens is 2. The Kier molecular flexibility index (Phi) is 4.59. The average Bonchev–Trinajstić information content (AvgIpc) is 2.86. The number of likely N-dealkylation sites (tertiary alicyclic amines) is 1. The number of primary amides is 1. The van der Waals surface area contributed by atoms with Gasteiger partial charge in [-0.25, -0.2) is 0 Å². The van der Waals surface area contributed by atoms with Gasteiger partial charge in [0.05, 0.1) is 6.04 Å². The molecule has 7 nitrogen and oxygen atoms in total. The van der Waals surface area contributed by atoms with Gasteiger partial charge in [-0.1, -0.05) is 18.0 Å². The molecule has 0 bridgehead atoms.